The molecule has 158 valence electrons. The molecule has 7 heteroatoms. The monoisotopic (exact) mass is 418 g/mol. The van der Waals surface area contributed by atoms with E-state index in [1.807, 2.05) is 0 Å². The normalized spacial score (nSPS) is 28.6. The van der Waals surface area contributed by atoms with E-state index in [0.717, 1.165) is 44.9 Å². The quantitative estimate of drug-likeness (QED) is 0.810. The van der Waals surface area contributed by atoms with Crippen molar-refractivity contribution in [2.45, 2.75) is 62.7 Å². The van der Waals surface area contributed by atoms with Crippen molar-refractivity contribution in [3.63, 3.8) is 0 Å². The molecule has 29 heavy (non-hydrogen) atoms. The molecule has 1 heterocycles. The van der Waals surface area contributed by atoms with E-state index in [2.05, 4.69) is 5.32 Å². The zero-order valence-corrected chi connectivity index (χ0v) is 17.6. The van der Waals surface area contributed by atoms with Crippen LogP contribution in [0.3, 0.4) is 0 Å². The molecule has 2 unspecified atom stereocenters. The average Bonchev–Trinajstić information content (AvgIpc) is 2.98. The van der Waals surface area contributed by atoms with Gasteiger partial charge in [0.15, 0.2) is 0 Å². The number of Topliss-reactive ketones (excluding diaryl/α,β-unsaturated/α-hetero) is 1. The molecule has 1 N–H and O–H groups in total. The molecule has 1 aliphatic heterocycles. The first kappa shape index (κ1) is 20.5. The summed E-state index contributed by atoms with van der Waals surface area (Å²) in [5.41, 5.74) is 0.604. The van der Waals surface area contributed by atoms with Gasteiger partial charge in [-0.2, -0.15) is 4.31 Å². The van der Waals surface area contributed by atoms with Gasteiger partial charge in [0, 0.05) is 36.5 Å². The van der Waals surface area contributed by atoms with Crippen LogP contribution in [-0.4, -0.2) is 37.5 Å². The summed E-state index contributed by atoms with van der Waals surface area (Å²) in [6.07, 6.45) is 8.13. The Labute approximate surface area is 173 Å². The van der Waals surface area contributed by atoms with E-state index in [-0.39, 0.29) is 28.6 Å². The van der Waals surface area contributed by atoms with Gasteiger partial charge in [-0.1, -0.05) is 19.3 Å². The standard InChI is InChI=1S/C22H30N2O4S/c25-21-16-6-5-7-17(21)15-18(14-16)22(26)23-19-8-10-20(11-9-19)29(27,28)24-12-3-1-2-4-13-24/h8-11,16-18H,1-7,12-15H2,(H,23,26). The van der Waals surface area contributed by atoms with Crippen LogP contribution in [0.5, 0.6) is 0 Å². The SMILES string of the molecule is O=C(Nc1ccc(S(=O)(=O)N2CCCCCC2)cc1)C1CC2CCCC(C1)C2=O. The second kappa shape index (κ2) is 8.56. The average molecular weight is 419 g/mol. The van der Waals surface area contributed by atoms with E-state index >= 15 is 0 Å². The number of carbonyl (C=O) groups excluding carboxylic acids is 2. The molecular formula is C22H30N2O4S. The lowest BCUT2D eigenvalue weighted by Gasteiger charge is -2.36. The molecule has 3 aliphatic rings. The number of fused-ring (bicyclic) bond motifs is 2. The molecule has 1 aromatic rings. The van der Waals surface area contributed by atoms with Crippen molar-refractivity contribution in [2.75, 3.05) is 18.4 Å². The Balaban J connectivity index is 1.40. The Kier molecular flexibility index (Phi) is 6.06. The number of anilines is 1. The Morgan fingerprint density at radius 2 is 1.48 bits per heavy atom. The number of hydrogen-bond donors (Lipinski definition) is 1. The smallest absolute Gasteiger partial charge is 0.243 e. The van der Waals surface area contributed by atoms with Crippen molar-refractivity contribution >= 4 is 27.4 Å². The van der Waals surface area contributed by atoms with Crippen LogP contribution in [0.15, 0.2) is 29.2 Å². The van der Waals surface area contributed by atoms with Gasteiger partial charge in [0.1, 0.15) is 5.78 Å². The number of amides is 1. The van der Waals surface area contributed by atoms with Crippen LogP contribution >= 0.6 is 0 Å². The predicted molar refractivity (Wildman–Crippen MR) is 111 cm³/mol. The maximum atomic E-state index is 12.9. The van der Waals surface area contributed by atoms with E-state index in [9.17, 15) is 18.0 Å². The molecular weight excluding hydrogens is 388 g/mol. The molecule has 2 atom stereocenters. The molecule has 0 radical (unpaired) electrons. The highest BCUT2D eigenvalue weighted by Gasteiger charge is 2.41. The fourth-order valence-corrected chi connectivity index (χ4v) is 6.60. The number of nitrogens with one attached hydrogen (secondary N) is 1. The Morgan fingerprint density at radius 1 is 0.897 bits per heavy atom. The fourth-order valence-electron chi connectivity index (χ4n) is 5.08. The topological polar surface area (TPSA) is 83.6 Å². The summed E-state index contributed by atoms with van der Waals surface area (Å²) < 4.78 is 27.3. The van der Waals surface area contributed by atoms with Gasteiger partial charge < -0.3 is 5.32 Å². The third kappa shape index (κ3) is 4.40. The zero-order valence-electron chi connectivity index (χ0n) is 16.8. The van der Waals surface area contributed by atoms with Gasteiger partial charge in [-0.25, -0.2) is 8.42 Å². The van der Waals surface area contributed by atoms with Crippen LogP contribution in [-0.2, 0) is 19.6 Å². The van der Waals surface area contributed by atoms with Crippen molar-refractivity contribution in [1.82, 2.24) is 4.31 Å². The van der Waals surface area contributed by atoms with Gasteiger partial charge in [-0.3, -0.25) is 9.59 Å². The largest absolute Gasteiger partial charge is 0.326 e. The van der Waals surface area contributed by atoms with Crippen LogP contribution in [0.1, 0.15) is 57.8 Å². The van der Waals surface area contributed by atoms with Gasteiger partial charge in [-0.05, 0) is 62.8 Å². The molecule has 2 bridgehead atoms. The number of ketones is 1. The summed E-state index contributed by atoms with van der Waals surface area (Å²) in [6.45, 7) is 1.15. The molecule has 1 amide bonds. The van der Waals surface area contributed by atoms with Crippen molar-refractivity contribution < 1.29 is 18.0 Å². The van der Waals surface area contributed by atoms with Gasteiger partial charge >= 0.3 is 0 Å². The molecule has 0 spiro atoms. The number of carbonyl (C=O) groups is 2. The van der Waals surface area contributed by atoms with Gasteiger partial charge in [0.05, 0.1) is 4.90 Å². The van der Waals surface area contributed by atoms with E-state index < -0.39 is 10.0 Å². The Morgan fingerprint density at radius 3 is 2.07 bits per heavy atom. The van der Waals surface area contributed by atoms with Crippen LogP contribution in [0, 0.1) is 17.8 Å². The molecule has 2 aliphatic carbocycles. The van der Waals surface area contributed by atoms with Crippen molar-refractivity contribution in [3.8, 4) is 0 Å². The van der Waals surface area contributed by atoms with Crippen LogP contribution in [0.25, 0.3) is 0 Å². The minimum atomic E-state index is -3.48. The summed E-state index contributed by atoms with van der Waals surface area (Å²) >= 11 is 0. The maximum Gasteiger partial charge on any atom is 0.243 e. The summed E-state index contributed by atoms with van der Waals surface area (Å²) in [5.74, 6) is 0.239. The second-order valence-electron chi connectivity index (χ2n) is 8.73. The molecule has 2 saturated carbocycles. The lowest BCUT2D eigenvalue weighted by molar-refractivity contribution is -0.136. The number of hydrogen-bond acceptors (Lipinski definition) is 4. The summed E-state index contributed by atoms with van der Waals surface area (Å²) in [4.78, 5) is 25.2. The third-order valence-electron chi connectivity index (χ3n) is 6.74. The van der Waals surface area contributed by atoms with E-state index in [0.29, 0.717) is 37.4 Å². The highest BCUT2D eigenvalue weighted by molar-refractivity contribution is 7.89. The summed E-state index contributed by atoms with van der Waals surface area (Å²) in [5, 5.41) is 2.93. The first-order chi connectivity index (χ1) is 13.9. The van der Waals surface area contributed by atoms with E-state index in [1.54, 1.807) is 28.6 Å². The molecule has 3 fully saturated rings. The number of benzene rings is 1. The van der Waals surface area contributed by atoms with Gasteiger partial charge in [0.25, 0.3) is 0 Å². The van der Waals surface area contributed by atoms with Crippen molar-refractivity contribution in [2.24, 2.45) is 17.8 Å². The lowest BCUT2D eigenvalue weighted by Crippen LogP contribution is -2.40. The van der Waals surface area contributed by atoms with Gasteiger partial charge in [0.2, 0.25) is 15.9 Å². The Hall–Kier alpha value is -1.73. The fraction of sp³-hybridized carbons (Fsp3) is 0.636. The minimum Gasteiger partial charge on any atom is -0.326 e. The number of rotatable bonds is 4. The maximum absolute atomic E-state index is 12.9. The number of nitrogens with zero attached hydrogens (tertiary/aromatic N) is 1. The van der Waals surface area contributed by atoms with Crippen molar-refractivity contribution in [1.29, 1.82) is 0 Å². The lowest BCUT2D eigenvalue weighted by atomic mass is 9.67. The predicted octanol–water partition coefficient (Wildman–Crippen LogP) is 3.59. The zero-order chi connectivity index (χ0) is 20.4. The third-order valence-corrected chi connectivity index (χ3v) is 8.66. The van der Waals surface area contributed by atoms with Crippen LogP contribution in [0.4, 0.5) is 5.69 Å². The molecule has 4 rings (SSSR count). The first-order valence-electron chi connectivity index (χ1n) is 10.9. The first-order valence-corrected chi connectivity index (χ1v) is 12.3. The van der Waals surface area contributed by atoms with Crippen molar-refractivity contribution in [3.05, 3.63) is 24.3 Å². The molecule has 0 aromatic heterocycles. The van der Waals surface area contributed by atoms with Crippen LogP contribution < -0.4 is 5.32 Å². The number of sulfonamides is 1. The Bertz CT molecular complexity index is 841. The molecule has 6 nitrogen and oxygen atoms in total. The summed E-state index contributed by atoms with van der Waals surface area (Å²) in [6, 6.07) is 6.48. The minimum absolute atomic E-state index is 0.0411. The van der Waals surface area contributed by atoms with E-state index in [4.69, 9.17) is 0 Å². The highest BCUT2D eigenvalue weighted by Crippen LogP contribution is 2.40. The highest BCUT2D eigenvalue weighted by atomic mass is 32.2. The van der Waals surface area contributed by atoms with E-state index in [1.165, 1.54) is 0 Å². The molecule has 1 aromatic carbocycles. The van der Waals surface area contributed by atoms with Crippen LogP contribution in [0.2, 0.25) is 0 Å². The second-order valence-corrected chi connectivity index (χ2v) is 10.7. The summed E-state index contributed by atoms with van der Waals surface area (Å²) in [7, 11) is -3.48. The molecule has 1 saturated heterocycles. The van der Waals surface area contributed by atoms with Gasteiger partial charge in [-0.15, -0.1) is 0 Å².